The van der Waals surface area contributed by atoms with Crippen LogP contribution in [-0.4, -0.2) is 23.6 Å². The molecule has 0 bridgehead atoms. The van der Waals surface area contributed by atoms with Crippen molar-refractivity contribution in [3.63, 3.8) is 0 Å². The minimum atomic E-state index is -0.418. The fourth-order valence-corrected chi connectivity index (χ4v) is 1.82. The molecule has 0 amide bonds. The Bertz CT molecular complexity index is 491. The number of ether oxygens (including phenoxy) is 1. The van der Waals surface area contributed by atoms with E-state index in [0.29, 0.717) is 24.6 Å². The van der Waals surface area contributed by atoms with Gasteiger partial charge in [-0.05, 0) is 19.3 Å². The lowest BCUT2D eigenvalue weighted by molar-refractivity contribution is -0.384. The molecule has 0 fully saturated rings. The number of rotatable bonds is 8. The van der Waals surface area contributed by atoms with Crippen molar-refractivity contribution in [3.8, 4) is 5.75 Å². The van der Waals surface area contributed by atoms with Crippen LogP contribution in [0.25, 0.3) is 0 Å². The molecule has 118 valence electrons. The zero-order chi connectivity index (χ0) is 16.0. The van der Waals surface area contributed by atoms with E-state index in [2.05, 4.69) is 19.2 Å². The van der Waals surface area contributed by atoms with E-state index < -0.39 is 4.92 Å². The first-order chi connectivity index (χ1) is 9.82. The standard InChI is InChI=1S/C15H25N3O3/c1-5-6-21-14-8-12(7-13(9-14)18(19)20)17-15(4,10-16)11(2)3/h7-9,11,17H,5-6,10,16H2,1-4H3. The number of nitro benzene ring substituents is 1. The molecule has 0 aromatic heterocycles. The number of nitrogens with zero attached hydrogens (tertiary/aromatic N) is 1. The molecule has 0 aliphatic heterocycles. The monoisotopic (exact) mass is 295 g/mol. The summed E-state index contributed by atoms with van der Waals surface area (Å²) in [5.41, 5.74) is 6.17. The molecule has 1 aromatic carbocycles. The topological polar surface area (TPSA) is 90.4 Å². The highest BCUT2D eigenvalue weighted by Crippen LogP contribution is 2.29. The van der Waals surface area contributed by atoms with Gasteiger partial charge in [-0.2, -0.15) is 0 Å². The molecular weight excluding hydrogens is 270 g/mol. The molecule has 6 heteroatoms. The summed E-state index contributed by atoms with van der Waals surface area (Å²) in [6.45, 7) is 9.07. The van der Waals surface area contributed by atoms with Crippen LogP contribution in [0.3, 0.4) is 0 Å². The Balaban J connectivity index is 3.10. The van der Waals surface area contributed by atoms with E-state index in [4.69, 9.17) is 10.5 Å². The van der Waals surface area contributed by atoms with Gasteiger partial charge in [-0.1, -0.05) is 20.8 Å². The molecule has 6 nitrogen and oxygen atoms in total. The zero-order valence-corrected chi connectivity index (χ0v) is 13.2. The Morgan fingerprint density at radius 1 is 1.43 bits per heavy atom. The molecule has 1 atom stereocenters. The van der Waals surface area contributed by atoms with Crippen molar-refractivity contribution in [2.75, 3.05) is 18.5 Å². The van der Waals surface area contributed by atoms with Crippen molar-refractivity contribution >= 4 is 11.4 Å². The van der Waals surface area contributed by atoms with Crippen LogP contribution >= 0.6 is 0 Å². The van der Waals surface area contributed by atoms with Gasteiger partial charge in [-0.15, -0.1) is 0 Å². The number of nitrogens with two attached hydrogens (primary N) is 1. The second kappa shape index (κ2) is 7.26. The van der Waals surface area contributed by atoms with Crippen LogP contribution in [0.4, 0.5) is 11.4 Å². The summed E-state index contributed by atoms with van der Waals surface area (Å²) < 4.78 is 5.52. The second-order valence-corrected chi connectivity index (χ2v) is 5.72. The lowest BCUT2D eigenvalue weighted by Gasteiger charge is -2.34. The Morgan fingerprint density at radius 2 is 2.10 bits per heavy atom. The van der Waals surface area contributed by atoms with Crippen LogP contribution in [0.5, 0.6) is 5.75 Å². The normalized spacial score (nSPS) is 13.8. The van der Waals surface area contributed by atoms with Crippen LogP contribution in [0.2, 0.25) is 0 Å². The van der Waals surface area contributed by atoms with Crippen molar-refractivity contribution in [1.82, 2.24) is 0 Å². The van der Waals surface area contributed by atoms with Gasteiger partial charge in [0.2, 0.25) is 0 Å². The third-order valence-corrected chi connectivity index (χ3v) is 3.70. The smallest absolute Gasteiger partial charge is 0.275 e. The van der Waals surface area contributed by atoms with Crippen molar-refractivity contribution in [2.24, 2.45) is 11.7 Å². The quantitative estimate of drug-likeness (QED) is 0.568. The van der Waals surface area contributed by atoms with Gasteiger partial charge in [0.05, 0.1) is 17.6 Å². The Morgan fingerprint density at radius 3 is 2.57 bits per heavy atom. The summed E-state index contributed by atoms with van der Waals surface area (Å²) >= 11 is 0. The third-order valence-electron chi connectivity index (χ3n) is 3.70. The fourth-order valence-electron chi connectivity index (χ4n) is 1.82. The van der Waals surface area contributed by atoms with Crippen molar-refractivity contribution < 1.29 is 9.66 Å². The molecule has 0 radical (unpaired) electrons. The van der Waals surface area contributed by atoms with Gasteiger partial charge in [0.1, 0.15) is 5.75 Å². The van der Waals surface area contributed by atoms with Crippen LogP contribution in [0.1, 0.15) is 34.1 Å². The summed E-state index contributed by atoms with van der Waals surface area (Å²) in [5.74, 6) is 0.776. The number of non-ortho nitro benzene ring substituents is 1. The Hall–Kier alpha value is -1.82. The number of nitro groups is 1. The maximum Gasteiger partial charge on any atom is 0.275 e. The van der Waals surface area contributed by atoms with E-state index in [1.54, 1.807) is 6.07 Å². The van der Waals surface area contributed by atoms with E-state index in [-0.39, 0.29) is 17.1 Å². The van der Waals surface area contributed by atoms with Gasteiger partial charge < -0.3 is 15.8 Å². The highest BCUT2D eigenvalue weighted by Gasteiger charge is 2.27. The van der Waals surface area contributed by atoms with E-state index in [1.165, 1.54) is 12.1 Å². The molecule has 0 aliphatic rings. The first kappa shape index (κ1) is 17.2. The maximum atomic E-state index is 11.0. The number of anilines is 1. The summed E-state index contributed by atoms with van der Waals surface area (Å²) in [7, 11) is 0. The van der Waals surface area contributed by atoms with Gasteiger partial charge in [-0.25, -0.2) is 0 Å². The van der Waals surface area contributed by atoms with Crippen LogP contribution in [-0.2, 0) is 0 Å². The molecule has 0 heterocycles. The van der Waals surface area contributed by atoms with Crippen molar-refractivity contribution in [2.45, 2.75) is 39.7 Å². The lowest BCUT2D eigenvalue weighted by atomic mass is 9.88. The lowest BCUT2D eigenvalue weighted by Crippen LogP contribution is -2.47. The van der Waals surface area contributed by atoms with Gasteiger partial charge >= 0.3 is 0 Å². The molecular formula is C15H25N3O3. The number of hydrogen-bond acceptors (Lipinski definition) is 5. The summed E-state index contributed by atoms with van der Waals surface area (Å²) in [5, 5.41) is 14.4. The van der Waals surface area contributed by atoms with Crippen LogP contribution in [0.15, 0.2) is 18.2 Å². The van der Waals surface area contributed by atoms with E-state index in [9.17, 15) is 10.1 Å². The average molecular weight is 295 g/mol. The first-order valence-electron chi connectivity index (χ1n) is 7.23. The second-order valence-electron chi connectivity index (χ2n) is 5.72. The van der Waals surface area contributed by atoms with Crippen LogP contribution in [0, 0.1) is 16.0 Å². The summed E-state index contributed by atoms with van der Waals surface area (Å²) in [6.07, 6.45) is 0.845. The molecule has 0 saturated heterocycles. The van der Waals surface area contributed by atoms with Crippen LogP contribution < -0.4 is 15.8 Å². The van der Waals surface area contributed by atoms with Gasteiger partial charge in [0.15, 0.2) is 0 Å². The average Bonchev–Trinajstić information content (AvgIpc) is 2.44. The number of hydrogen-bond donors (Lipinski definition) is 2. The summed E-state index contributed by atoms with van der Waals surface area (Å²) in [6, 6.07) is 4.73. The van der Waals surface area contributed by atoms with E-state index in [1.807, 2.05) is 13.8 Å². The third kappa shape index (κ3) is 4.60. The highest BCUT2D eigenvalue weighted by atomic mass is 16.6. The first-order valence-corrected chi connectivity index (χ1v) is 7.23. The predicted molar refractivity (Wildman–Crippen MR) is 84.8 cm³/mol. The highest BCUT2D eigenvalue weighted by molar-refractivity contribution is 5.57. The summed E-state index contributed by atoms with van der Waals surface area (Å²) in [4.78, 5) is 10.6. The SMILES string of the molecule is CCCOc1cc(NC(C)(CN)C(C)C)cc([N+](=O)[O-])c1. The molecule has 1 aromatic rings. The molecule has 0 saturated carbocycles. The minimum Gasteiger partial charge on any atom is -0.493 e. The molecule has 0 aliphatic carbocycles. The Labute approximate surface area is 125 Å². The van der Waals surface area contributed by atoms with Crippen molar-refractivity contribution in [3.05, 3.63) is 28.3 Å². The van der Waals surface area contributed by atoms with Crippen molar-refractivity contribution in [1.29, 1.82) is 0 Å². The predicted octanol–water partition coefficient (Wildman–Crippen LogP) is 3.17. The molecule has 21 heavy (non-hydrogen) atoms. The zero-order valence-electron chi connectivity index (χ0n) is 13.2. The molecule has 0 spiro atoms. The van der Waals surface area contributed by atoms with Gasteiger partial charge in [0, 0.05) is 29.9 Å². The van der Waals surface area contributed by atoms with Gasteiger partial charge in [0.25, 0.3) is 5.69 Å². The Kier molecular flexibility index (Phi) is 5.96. The van der Waals surface area contributed by atoms with E-state index in [0.717, 1.165) is 6.42 Å². The number of nitrogens with one attached hydrogen (secondary N) is 1. The number of benzene rings is 1. The largest absolute Gasteiger partial charge is 0.493 e. The maximum absolute atomic E-state index is 11.0. The molecule has 1 unspecified atom stereocenters. The van der Waals surface area contributed by atoms with Gasteiger partial charge in [-0.3, -0.25) is 10.1 Å². The minimum absolute atomic E-state index is 0.00855. The molecule has 1 rings (SSSR count). The van der Waals surface area contributed by atoms with E-state index >= 15 is 0 Å². The fraction of sp³-hybridized carbons (Fsp3) is 0.600. The molecule has 3 N–H and O–H groups in total.